The summed E-state index contributed by atoms with van der Waals surface area (Å²) in [5.74, 6) is -0.183. The van der Waals surface area contributed by atoms with Gasteiger partial charge in [0.25, 0.3) is 6.47 Å². The van der Waals surface area contributed by atoms with Crippen LogP contribution in [-0.2, 0) is 4.79 Å². The molecule has 0 amide bonds. The van der Waals surface area contributed by atoms with Crippen molar-refractivity contribution in [2.24, 2.45) is 5.41 Å². The molecular formula is C17H25FN2O3. The van der Waals surface area contributed by atoms with Gasteiger partial charge in [-0.3, -0.25) is 4.79 Å². The van der Waals surface area contributed by atoms with Crippen molar-refractivity contribution >= 4 is 12.2 Å². The Morgan fingerprint density at radius 3 is 2.52 bits per heavy atom. The van der Waals surface area contributed by atoms with Crippen molar-refractivity contribution in [3.63, 3.8) is 0 Å². The minimum absolute atomic E-state index is 0.142. The predicted octanol–water partition coefficient (Wildman–Crippen LogP) is 1.86. The topological polar surface area (TPSA) is 72.8 Å². The molecule has 0 spiro atoms. The van der Waals surface area contributed by atoms with Gasteiger partial charge in [0.15, 0.2) is 0 Å². The second kappa shape index (κ2) is 8.26. The standard InChI is InChI=1S/C16H23FN2O.CH2O2/c17-13-2-4-15(5-3-13)19-9-6-14(10-19)18-11-16(12-20)7-1-8-16;2-1-3/h2-5,14,18,20H,1,6-12H2;1H,(H,2,3). The maximum atomic E-state index is 12.9. The molecule has 2 aliphatic rings. The van der Waals surface area contributed by atoms with E-state index in [2.05, 4.69) is 10.2 Å². The highest BCUT2D eigenvalue weighted by atomic mass is 19.1. The number of hydrogen-bond donors (Lipinski definition) is 3. The zero-order valence-corrected chi connectivity index (χ0v) is 13.2. The first-order valence-corrected chi connectivity index (χ1v) is 8.05. The Bertz CT molecular complexity index is 486. The number of rotatable bonds is 5. The third-order valence-electron chi connectivity index (χ3n) is 4.90. The van der Waals surface area contributed by atoms with E-state index in [1.54, 1.807) is 0 Å². The van der Waals surface area contributed by atoms with Crippen LogP contribution in [-0.4, -0.2) is 49.0 Å². The number of nitrogens with zero attached hydrogens (tertiary/aromatic N) is 1. The second-order valence-electron chi connectivity index (χ2n) is 6.41. The Morgan fingerprint density at radius 2 is 2.00 bits per heavy atom. The molecule has 128 valence electrons. The Hall–Kier alpha value is -1.66. The number of carboxylic acid groups (broad SMARTS) is 1. The molecule has 3 N–H and O–H groups in total. The lowest BCUT2D eigenvalue weighted by molar-refractivity contribution is -0.122. The van der Waals surface area contributed by atoms with Crippen LogP contribution in [0.5, 0.6) is 0 Å². The maximum Gasteiger partial charge on any atom is 0.290 e. The van der Waals surface area contributed by atoms with Crippen LogP contribution in [0.1, 0.15) is 25.7 Å². The van der Waals surface area contributed by atoms with Crippen LogP contribution in [0.25, 0.3) is 0 Å². The largest absolute Gasteiger partial charge is 0.483 e. The van der Waals surface area contributed by atoms with Gasteiger partial charge in [0.05, 0.1) is 0 Å². The Labute approximate surface area is 136 Å². The molecule has 1 aromatic rings. The van der Waals surface area contributed by atoms with Crippen molar-refractivity contribution in [1.82, 2.24) is 5.32 Å². The van der Waals surface area contributed by atoms with E-state index in [1.165, 1.54) is 18.6 Å². The first kappa shape index (κ1) is 17.7. The summed E-state index contributed by atoms with van der Waals surface area (Å²) >= 11 is 0. The van der Waals surface area contributed by atoms with Crippen LogP contribution >= 0.6 is 0 Å². The highest BCUT2D eigenvalue weighted by molar-refractivity contribution is 5.47. The summed E-state index contributed by atoms with van der Waals surface area (Å²) in [7, 11) is 0. The highest BCUT2D eigenvalue weighted by Gasteiger charge is 2.37. The van der Waals surface area contributed by atoms with Crippen LogP contribution in [0.15, 0.2) is 24.3 Å². The van der Waals surface area contributed by atoms with Gasteiger partial charge in [-0.2, -0.15) is 0 Å². The minimum atomic E-state index is -0.250. The predicted molar refractivity (Wildman–Crippen MR) is 87.1 cm³/mol. The van der Waals surface area contributed by atoms with Crippen LogP contribution in [0, 0.1) is 11.2 Å². The van der Waals surface area contributed by atoms with Crippen molar-refractivity contribution in [2.75, 3.05) is 31.1 Å². The molecule has 23 heavy (non-hydrogen) atoms. The summed E-state index contributed by atoms with van der Waals surface area (Å²) in [4.78, 5) is 10.7. The van der Waals surface area contributed by atoms with E-state index in [0.29, 0.717) is 12.6 Å². The lowest BCUT2D eigenvalue weighted by Gasteiger charge is -2.41. The number of anilines is 1. The van der Waals surface area contributed by atoms with Crippen molar-refractivity contribution in [3.05, 3.63) is 30.1 Å². The molecule has 2 fully saturated rings. The fourth-order valence-corrected chi connectivity index (χ4v) is 3.24. The molecule has 1 unspecified atom stereocenters. The number of halogens is 1. The zero-order chi connectivity index (χ0) is 16.7. The quantitative estimate of drug-likeness (QED) is 0.721. The van der Waals surface area contributed by atoms with Gasteiger partial charge in [-0.1, -0.05) is 6.42 Å². The van der Waals surface area contributed by atoms with E-state index in [1.807, 2.05) is 12.1 Å². The van der Waals surface area contributed by atoms with Gasteiger partial charge < -0.3 is 20.4 Å². The van der Waals surface area contributed by atoms with E-state index in [-0.39, 0.29) is 17.7 Å². The van der Waals surface area contributed by atoms with E-state index in [4.69, 9.17) is 9.90 Å². The van der Waals surface area contributed by atoms with Gasteiger partial charge in [0.2, 0.25) is 0 Å². The molecule has 1 aliphatic carbocycles. The van der Waals surface area contributed by atoms with Gasteiger partial charge in [-0.15, -0.1) is 0 Å². The van der Waals surface area contributed by atoms with Gasteiger partial charge in [-0.25, -0.2) is 4.39 Å². The van der Waals surface area contributed by atoms with Crippen LogP contribution in [0.2, 0.25) is 0 Å². The Balaban J connectivity index is 0.000000595. The molecule has 6 heteroatoms. The molecule has 1 atom stereocenters. The van der Waals surface area contributed by atoms with Crippen LogP contribution < -0.4 is 10.2 Å². The number of carbonyl (C=O) groups is 1. The lowest BCUT2D eigenvalue weighted by atomic mass is 9.69. The first-order valence-electron chi connectivity index (χ1n) is 8.05. The molecule has 5 nitrogen and oxygen atoms in total. The third kappa shape index (κ3) is 4.65. The number of nitrogens with one attached hydrogen (secondary N) is 1. The molecule has 1 saturated carbocycles. The van der Waals surface area contributed by atoms with E-state index >= 15 is 0 Å². The van der Waals surface area contributed by atoms with Gasteiger partial charge >= 0.3 is 0 Å². The second-order valence-corrected chi connectivity index (χ2v) is 6.41. The maximum absolute atomic E-state index is 12.9. The van der Waals surface area contributed by atoms with Crippen molar-refractivity contribution in [1.29, 1.82) is 0 Å². The van der Waals surface area contributed by atoms with E-state index in [9.17, 15) is 9.50 Å². The summed E-state index contributed by atoms with van der Waals surface area (Å²) in [5, 5.41) is 20.0. The molecule has 0 aromatic heterocycles. The number of aliphatic hydroxyl groups excluding tert-OH is 1. The van der Waals surface area contributed by atoms with Crippen LogP contribution in [0.3, 0.4) is 0 Å². The monoisotopic (exact) mass is 324 g/mol. The fourth-order valence-electron chi connectivity index (χ4n) is 3.24. The summed E-state index contributed by atoms with van der Waals surface area (Å²) < 4.78 is 12.9. The average Bonchev–Trinajstić information content (AvgIpc) is 2.97. The van der Waals surface area contributed by atoms with Gasteiger partial charge in [0, 0.05) is 43.4 Å². The van der Waals surface area contributed by atoms with Crippen molar-refractivity contribution in [3.8, 4) is 0 Å². The Morgan fingerprint density at radius 1 is 1.35 bits per heavy atom. The van der Waals surface area contributed by atoms with Crippen LogP contribution in [0.4, 0.5) is 10.1 Å². The number of aliphatic hydroxyl groups is 1. The number of benzene rings is 1. The molecule has 0 radical (unpaired) electrons. The normalized spacial score (nSPS) is 22.0. The average molecular weight is 324 g/mol. The van der Waals surface area contributed by atoms with Crippen molar-refractivity contribution in [2.45, 2.75) is 31.7 Å². The molecule has 3 rings (SSSR count). The summed E-state index contributed by atoms with van der Waals surface area (Å²) in [6, 6.07) is 7.21. The molecule has 1 aliphatic heterocycles. The molecule has 0 bridgehead atoms. The van der Waals surface area contributed by atoms with Crippen molar-refractivity contribution < 1.29 is 19.4 Å². The minimum Gasteiger partial charge on any atom is -0.483 e. The summed E-state index contributed by atoms with van der Waals surface area (Å²) in [6.45, 7) is 2.95. The highest BCUT2D eigenvalue weighted by Crippen LogP contribution is 2.39. The van der Waals surface area contributed by atoms with Gasteiger partial charge in [-0.05, 0) is 43.5 Å². The smallest absolute Gasteiger partial charge is 0.290 e. The van der Waals surface area contributed by atoms with E-state index in [0.717, 1.165) is 44.6 Å². The van der Waals surface area contributed by atoms with E-state index < -0.39 is 0 Å². The molecule has 1 heterocycles. The zero-order valence-electron chi connectivity index (χ0n) is 13.2. The summed E-state index contributed by atoms with van der Waals surface area (Å²) in [6.07, 6.45) is 4.64. The molecule has 1 saturated heterocycles. The molecule has 1 aromatic carbocycles. The fraction of sp³-hybridized carbons (Fsp3) is 0.588. The first-order chi connectivity index (χ1) is 11.1. The Kier molecular flexibility index (Phi) is 6.36. The van der Waals surface area contributed by atoms with Gasteiger partial charge in [0.1, 0.15) is 5.82 Å². The summed E-state index contributed by atoms with van der Waals surface area (Å²) in [5.41, 5.74) is 1.24. The third-order valence-corrected chi connectivity index (χ3v) is 4.90. The SMILES string of the molecule is O=CO.OCC1(CNC2CCN(c3ccc(F)cc3)C2)CCC1. The number of hydrogen-bond acceptors (Lipinski definition) is 4. The lowest BCUT2D eigenvalue weighted by Crippen LogP contribution is -2.46. The molecular weight excluding hydrogens is 299 g/mol.